The molecule has 2 nitrogen and oxygen atoms in total. The Kier molecular flexibility index (Phi) is 8.99. The summed E-state index contributed by atoms with van der Waals surface area (Å²) in [6, 6.07) is 76.9. The molecule has 0 bridgehead atoms. The van der Waals surface area contributed by atoms with E-state index in [4.69, 9.17) is 9.97 Å². The number of nitrogens with zero attached hydrogens (tertiary/aromatic N) is 2. The Hall–Kier alpha value is -7.16. The number of benzene rings is 8. The van der Waals surface area contributed by atoms with Gasteiger partial charge < -0.3 is 0 Å². The molecule has 0 spiro atoms. The van der Waals surface area contributed by atoms with Crippen LogP contribution in [0.2, 0.25) is 0 Å². The summed E-state index contributed by atoms with van der Waals surface area (Å²) >= 11 is 0. The zero-order chi connectivity index (χ0) is 36.1. The van der Waals surface area contributed by atoms with E-state index >= 15 is 0 Å². The first-order valence-electron chi connectivity index (χ1n) is 18.3. The highest BCUT2D eigenvalue weighted by Gasteiger charge is 2.22. The molecule has 254 valence electrons. The Bertz CT molecular complexity index is 2630. The van der Waals surface area contributed by atoms with Crippen LogP contribution in [0.5, 0.6) is 0 Å². The van der Waals surface area contributed by atoms with Crippen LogP contribution in [0.3, 0.4) is 0 Å². The molecule has 0 aliphatic carbocycles. The van der Waals surface area contributed by atoms with E-state index in [0.29, 0.717) is 5.82 Å². The Morgan fingerprint density at radius 1 is 0.222 bits per heavy atom. The smallest absolute Gasteiger partial charge is 0.161 e. The van der Waals surface area contributed by atoms with Gasteiger partial charge in [0.2, 0.25) is 0 Å². The summed E-state index contributed by atoms with van der Waals surface area (Å²) in [7, 11) is 0. The second-order valence-corrected chi connectivity index (χ2v) is 13.3. The van der Waals surface area contributed by atoms with Gasteiger partial charge in [-0.1, -0.05) is 212 Å². The topological polar surface area (TPSA) is 25.8 Å². The molecule has 8 aromatic carbocycles. The van der Waals surface area contributed by atoms with Gasteiger partial charge in [-0.05, 0) is 61.7 Å². The summed E-state index contributed by atoms with van der Waals surface area (Å²) in [6.45, 7) is 0. The molecular weight excluding hydrogens is 653 g/mol. The lowest BCUT2D eigenvalue weighted by molar-refractivity contribution is 1.18. The third-order valence-corrected chi connectivity index (χ3v) is 9.97. The Morgan fingerprint density at radius 3 is 0.963 bits per heavy atom. The van der Waals surface area contributed by atoms with Crippen LogP contribution in [0.1, 0.15) is 0 Å². The SMILES string of the molecule is c1ccc(-c2cc(-c3ccccc3)nc(-c3c(-c4ccccc4)cccc3-c3ccccc3-c3ccccc3-c3ccccc3-c3ccccc3)n2)cc1. The largest absolute Gasteiger partial charge is 0.228 e. The van der Waals surface area contributed by atoms with Crippen LogP contribution >= 0.6 is 0 Å². The minimum Gasteiger partial charge on any atom is -0.228 e. The molecule has 0 amide bonds. The molecule has 0 fully saturated rings. The van der Waals surface area contributed by atoms with Crippen molar-refractivity contribution in [1.29, 1.82) is 0 Å². The minimum absolute atomic E-state index is 0.683. The van der Waals surface area contributed by atoms with Gasteiger partial charge in [-0.25, -0.2) is 9.97 Å². The molecule has 0 radical (unpaired) electrons. The van der Waals surface area contributed by atoms with Gasteiger partial charge in [0.25, 0.3) is 0 Å². The third kappa shape index (κ3) is 6.42. The molecule has 0 atom stereocenters. The Morgan fingerprint density at radius 2 is 0.519 bits per heavy atom. The molecule has 9 aromatic rings. The molecule has 0 saturated carbocycles. The maximum absolute atomic E-state index is 5.37. The fraction of sp³-hybridized carbons (Fsp3) is 0. The first-order chi connectivity index (χ1) is 26.8. The van der Waals surface area contributed by atoms with Gasteiger partial charge in [0.05, 0.1) is 11.4 Å². The monoisotopic (exact) mass is 688 g/mol. The van der Waals surface area contributed by atoms with Crippen molar-refractivity contribution in [2.75, 3.05) is 0 Å². The van der Waals surface area contributed by atoms with Crippen LogP contribution in [0.15, 0.2) is 218 Å². The minimum atomic E-state index is 0.683. The van der Waals surface area contributed by atoms with E-state index in [1.165, 1.54) is 22.3 Å². The predicted molar refractivity (Wildman–Crippen MR) is 226 cm³/mol. The Balaban J connectivity index is 1.31. The maximum Gasteiger partial charge on any atom is 0.161 e. The van der Waals surface area contributed by atoms with E-state index in [2.05, 4.69) is 206 Å². The third-order valence-electron chi connectivity index (χ3n) is 9.97. The van der Waals surface area contributed by atoms with Crippen LogP contribution in [-0.4, -0.2) is 9.97 Å². The zero-order valence-corrected chi connectivity index (χ0v) is 29.7. The summed E-state index contributed by atoms with van der Waals surface area (Å²) in [5, 5.41) is 0. The van der Waals surface area contributed by atoms with E-state index in [9.17, 15) is 0 Å². The Labute approximate surface area is 316 Å². The molecule has 0 aliphatic rings. The fourth-order valence-corrected chi connectivity index (χ4v) is 7.44. The highest BCUT2D eigenvalue weighted by atomic mass is 14.9. The van der Waals surface area contributed by atoms with Gasteiger partial charge in [0.15, 0.2) is 5.82 Å². The summed E-state index contributed by atoms with van der Waals surface area (Å²) in [6.07, 6.45) is 0. The molecular formula is C52H36N2. The quantitative estimate of drug-likeness (QED) is 0.159. The van der Waals surface area contributed by atoms with Gasteiger partial charge in [0, 0.05) is 16.7 Å². The lowest BCUT2D eigenvalue weighted by Gasteiger charge is -2.20. The number of aromatic nitrogens is 2. The highest BCUT2D eigenvalue weighted by molar-refractivity contribution is 6.00. The summed E-state index contributed by atoms with van der Waals surface area (Å²) in [4.78, 5) is 10.7. The van der Waals surface area contributed by atoms with Crippen LogP contribution in [-0.2, 0) is 0 Å². The van der Waals surface area contributed by atoms with Crippen LogP contribution < -0.4 is 0 Å². The van der Waals surface area contributed by atoms with Crippen molar-refractivity contribution in [2.45, 2.75) is 0 Å². The van der Waals surface area contributed by atoms with Crippen molar-refractivity contribution in [2.24, 2.45) is 0 Å². The highest BCUT2D eigenvalue weighted by Crippen LogP contribution is 2.46. The normalized spacial score (nSPS) is 11.0. The van der Waals surface area contributed by atoms with Gasteiger partial charge in [-0.15, -0.1) is 0 Å². The average Bonchev–Trinajstić information content (AvgIpc) is 3.27. The molecule has 9 rings (SSSR count). The number of hydrogen-bond acceptors (Lipinski definition) is 2. The lowest BCUT2D eigenvalue weighted by Crippen LogP contribution is -2.00. The average molecular weight is 689 g/mol. The van der Waals surface area contributed by atoms with Crippen molar-refractivity contribution in [3.05, 3.63) is 218 Å². The van der Waals surface area contributed by atoms with Crippen molar-refractivity contribution in [3.63, 3.8) is 0 Å². The molecule has 54 heavy (non-hydrogen) atoms. The van der Waals surface area contributed by atoms with E-state index in [1.54, 1.807) is 0 Å². The molecule has 0 saturated heterocycles. The summed E-state index contributed by atoms with van der Waals surface area (Å²) < 4.78 is 0. The molecule has 1 aromatic heterocycles. The number of rotatable bonds is 8. The fourth-order valence-electron chi connectivity index (χ4n) is 7.44. The summed E-state index contributed by atoms with van der Waals surface area (Å²) in [5.74, 6) is 0.683. The summed E-state index contributed by atoms with van der Waals surface area (Å²) in [5.41, 5.74) is 16.3. The van der Waals surface area contributed by atoms with Crippen molar-refractivity contribution in [3.8, 4) is 89.5 Å². The number of hydrogen-bond donors (Lipinski definition) is 0. The van der Waals surface area contributed by atoms with E-state index < -0.39 is 0 Å². The van der Waals surface area contributed by atoms with E-state index in [0.717, 1.165) is 61.5 Å². The van der Waals surface area contributed by atoms with Gasteiger partial charge in [-0.2, -0.15) is 0 Å². The molecule has 0 N–H and O–H groups in total. The first kappa shape index (κ1) is 32.7. The predicted octanol–water partition coefficient (Wildman–Crippen LogP) is 13.8. The van der Waals surface area contributed by atoms with Gasteiger partial charge in [-0.3, -0.25) is 0 Å². The molecule has 0 unspecified atom stereocenters. The van der Waals surface area contributed by atoms with Crippen LogP contribution in [0, 0.1) is 0 Å². The molecule has 0 aliphatic heterocycles. The molecule has 1 heterocycles. The second-order valence-electron chi connectivity index (χ2n) is 13.3. The standard InChI is InChI=1S/C52H36N2/c1-5-20-37(21-6-1)41-28-13-14-29-43(41)44-30-15-16-31-45(44)46-32-17-18-33-47(46)48-35-19-34-42(38-22-7-2-8-23-38)51(48)52-53-49(39-24-9-3-10-25-39)36-50(54-52)40-26-11-4-12-27-40/h1-36H. The van der Waals surface area contributed by atoms with Crippen molar-refractivity contribution >= 4 is 0 Å². The van der Waals surface area contributed by atoms with Crippen molar-refractivity contribution in [1.82, 2.24) is 9.97 Å². The maximum atomic E-state index is 5.37. The molecule has 2 heteroatoms. The van der Waals surface area contributed by atoms with E-state index in [1.807, 2.05) is 12.1 Å². The van der Waals surface area contributed by atoms with Crippen molar-refractivity contribution < 1.29 is 0 Å². The van der Waals surface area contributed by atoms with Crippen LogP contribution in [0.25, 0.3) is 89.5 Å². The first-order valence-corrected chi connectivity index (χ1v) is 18.3. The van der Waals surface area contributed by atoms with Crippen LogP contribution in [0.4, 0.5) is 0 Å². The van der Waals surface area contributed by atoms with E-state index in [-0.39, 0.29) is 0 Å². The zero-order valence-electron chi connectivity index (χ0n) is 29.7. The lowest BCUT2D eigenvalue weighted by atomic mass is 9.84. The van der Waals surface area contributed by atoms with Gasteiger partial charge >= 0.3 is 0 Å². The van der Waals surface area contributed by atoms with Gasteiger partial charge in [0.1, 0.15) is 0 Å². The second kappa shape index (κ2) is 14.8.